The first kappa shape index (κ1) is 17.6. The Hall–Kier alpha value is -1.24. The Balaban J connectivity index is 1.56. The molecule has 1 aromatic carbocycles. The van der Waals surface area contributed by atoms with Crippen molar-refractivity contribution >= 4 is 57.6 Å². The van der Waals surface area contributed by atoms with Crippen LogP contribution in [0.25, 0.3) is 0 Å². The minimum atomic E-state index is -0.451. The van der Waals surface area contributed by atoms with Gasteiger partial charge in [0.05, 0.1) is 16.1 Å². The van der Waals surface area contributed by atoms with E-state index in [9.17, 15) is 9.59 Å². The minimum Gasteiger partial charge on any atom is -0.326 e. The second-order valence-corrected chi connectivity index (χ2v) is 7.86. The Morgan fingerprint density at radius 3 is 2.75 bits per heavy atom. The first-order valence-corrected chi connectivity index (χ1v) is 9.45. The molecule has 2 amide bonds. The molecule has 2 N–H and O–H groups in total. The van der Waals surface area contributed by atoms with Crippen molar-refractivity contribution in [2.45, 2.75) is 43.4 Å². The molecule has 1 atom stereocenters. The van der Waals surface area contributed by atoms with E-state index < -0.39 is 5.25 Å². The zero-order valence-electron chi connectivity index (χ0n) is 12.9. The summed E-state index contributed by atoms with van der Waals surface area (Å²) in [4.78, 5) is 28.7. The number of amides is 2. The first-order chi connectivity index (χ1) is 11.5. The van der Waals surface area contributed by atoms with Gasteiger partial charge in [-0.15, -0.1) is 0 Å². The summed E-state index contributed by atoms with van der Waals surface area (Å²) in [6.45, 7) is 0. The van der Waals surface area contributed by atoms with Gasteiger partial charge in [-0.3, -0.25) is 14.6 Å². The molecule has 1 saturated carbocycles. The van der Waals surface area contributed by atoms with Gasteiger partial charge in [-0.05, 0) is 31.0 Å². The van der Waals surface area contributed by atoms with Crippen LogP contribution in [0.2, 0.25) is 10.0 Å². The number of thioether (sulfide) groups is 1. The monoisotopic (exact) mass is 385 g/mol. The lowest BCUT2D eigenvalue weighted by Gasteiger charge is -2.08. The normalized spacial score (nSPS) is 22.8. The fourth-order valence-corrected chi connectivity index (χ4v) is 4.09. The number of aliphatic imine (C=N–C) groups is 1. The topological polar surface area (TPSA) is 70.6 Å². The number of amidine groups is 1. The van der Waals surface area contributed by atoms with Crippen molar-refractivity contribution in [1.82, 2.24) is 5.32 Å². The third kappa shape index (κ3) is 4.43. The molecule has 2 aliphatic rings. The fraction of sp³-hybridized carbons (Fsp3) is 0.438. The summed E-state index contributed by atoms with van der Waals surface area (Å²) in [5.41, 5.74) is 0.553. The molecular formula is C16H17Cl2N3O2S. The van der Waals surface area contributed by atoms with Crippen LogP contribution in [0.3, 0.4) is 0 Å². The molecule has 8 heteroatoms. The summed E-state index contributed by atoms with van der Waals surface area (Å²) < 4.78 is 0. The number of benzene rings is 1. The van der Waals surface area contributed by atoms with Crippen molar-refractivity contribution < 1.29 is 9.59 Å². The van der Waals surface area contributed by atoms with Crippen LogP contribution < -0.4 is 10.6 Å². The average Bonchev–Trinajstić information content (AvgIpc) is 3.14. The van der Waals surface area contributed by atoms with Gasteiger partial charge in [-0.1, -0.05) is 47.8 Å². The molecular weight excluding hydrogens is 369 g/mol. The number of carbonyl (C=O) groups excluding carboxylic acids is 2. The summed E-state index contributed by atoms with van der Waals surface area (Å²) in [5, 5.41) is 6.48. The predicted octanol–water partition coefficient (Wildman–Crippen LogP) is 3.85. The van der Waals surface area contributed by atoms with Gasteiger partial charge in [0.2, 0.25) is 11.8 Å². The van der Waals surface area contributed by atoms with Crippen molar-refractivity contribution in [3.63, 3.8) is 0 Å². The number of hydrogen-bond donors (Lipinski definition) is 2. The summed E-state index contributed by atoms with van der Waals surface area (Å²) >= 11 is 13.1. The Kier molecular flexibility index (Phi) is 5.69. The van der Waals surface area contributed by atoms with Gasteiger partial charge in [0.1, 0.15) is 5.25 Å². The molecule has 1 aromatic rings. The number of nitrogens with one attached hydrogen (secondary N) is 2. The maximum atomic E-state index is 12.1. The van der Waals surface area contributed by atoms with Crippen molar-refractivity contribution in [3.8, 4) is 0 Å². The van der Waals surface area contributed by atoms with Crippen LogP contribution in [0.5, 0.6) is 0 Å². The van der Waals surface area contributed by atoms with Gasteiger partial charge < -0.3 is 10.6 Å². The highest BCUT2D eigenvalue weighted by atomic mass is 35.5. The van der Waals surface area contributed by atoms with E-state index in [1.807, 2.05) is 0 Å². The van der Waals surface area contributed by atoms with E-state index in [1.165, 1.54) is 24.6 Å². The van der Waals surface area contributed by atoms with E-state index >= 15 is 0 Å². The van der Waals surface area contributed by atoms with Crippen molar-refractivity contribution in [2.24, 2.45) is 4.99 Å². The zero-order valence-corrected chi connectivity index (χ0v) is 15.2. The second kappa shape index (κ2) is 7.76. The van der Waals surface area contributed by atoms with Crippen molar-refractivity contribution in [2.75, 3.05) is 5.32 Å². The lowest BCUT2D eigenvalue weighted by Crippen LogP contribution is -2.28. The first-order valence-electron chi connectivity index (χ1n) is 7.81. The zero-order chi connectivity index (χ0) is 17.1. The maximum Gasteiger partial charge on any atom is 0.240 e. The van der Waals surface area contributed by atoms with Gasteiger partial charge in [-0.25, -0.2) is 0 Å². The second-order valence-electron chi connectivity index (χ2n) is 5.85. The van der Waals surface area contributed by atoms with Crippen LogP contribution in [0, 0.1) is 0 Å². The van der Waals surface area contributed by atoms with Crippen LogP contribution in [0.4, 0.5) is 5.69 Å². The molecule has 1 saturated heterocycles. The SMILES string of the molecule is O=C(CC1SC(=NC2CCCC2)NC1=O)Nc1ccc(Cl)c(Cl)c1. The lowest BCUT2D eigenvalue weighted by atomic mass is 10.2. The van der Waals surface area contributed by atoms with Gasteiger partial charge in [0.25, 0.3) is 0 Å². The number of nitrogens with zero attached hydrogens (tertiary/aromatic N) is 1. The number of halogens is 2. The van der Waals surface area contributed by atoms with Crippen LogP contribution in [-0.2, 0) is 9.59 Å². The Morgan fingerprint density at radius 1 is 1.29 bits per heavy atom. The summed E-state index contributed by atoms with van der Waals surface area (Å²) in [5.74, 6) is -0.413. The van der Waals surface area contributed by atoms with Gasteiger partial charge in [-0.2, -0.15) is 0 Å². The van der Waals surface area contributed by atoms with Crippen LogP contribution in [-0.4, -0.2) is 28.3 Å². The highest BCUT2D eigenvalue weighted by molar-refractivity contribution is 8.15. The Morgan fingerprint density at radius 2 is 2.04 bits per heavy atom. The van der Waals surface area contributed by atoms with E-state index in [0.29, 0.717) is 26.9 Å². The summed E-state index contributed by atoms with van der Waals surface area (Å²) in [6.07, 6.45) is 4.61. The van der Waals surface area contributed by atoms with Gasteiger partial charge >= 0.3 is 0 Å². The van der Waals surface area contributed by atoms with Crippen LogP contribution in [0.15, 0.2) is 23.2 Å². The van der Waals surface area contributed by atoms with Crippen molar-refractivity contribution in [3.05, 3.63) is 28.2 Å². The van der Waals surface area contributed by atoms with E-state index in [0.717, 1.165) is 12.8 Å². The summed E-state index contributed by atoms with van der Waals surface area (Å²) in [7, 11) is 0. The maximum absolute atomic E-state index is 12.1. The highest BCUT2D eigenvalue weighted by Gasteiger charge is 2.32. The van der Waals surface area contributed by atoms with E-state index in [1.54, 1.807) is 18.2 Å². The standard InChI is InChI=1S/C16H17Cl2N3O2S/c17-11-6-5-10(7-12(11)18)19-14(22)8-13-15(23)21-16(24-13)20-9-3-1-2-4-9/h5-7,9,13H,1-4,8H2,(H,19,22)(H,20,21,23). The van der Waals surface area contributed by atoms with E-state index in [-0.39, 0.29) is 18.2 Å². The van der Waals surface area contributed by atoms with E-state index in [2.05, 4.69) is 15.6 Å². The third-order valence-electron chi connectivity index (χ3n) is 3.98. The molecule has 3 rings (SSSR count). The molecule has 2 fully saturated rings. The Bertz CT molecular complexity index is 690. The largest absolute Gasteiger partial charge is 0.326 e. The van der Waals surface area contributed by atoms with E-state index in [4.69, 9.17) is 23.2 Å². The molecule has 0 spiro atoms. The molecule has 0 bridgehead atoms. The Labute approximate surface area is 154 Å². The molecule has 1 aliphatic heterocycles. The predicted molar refractivity (Wildman–Crippen MR) is 98.9 cm³/mol. The lowest BCUT2D eigenvalue weighted by molar-refractivity contribution is -0.122. The minimum absolute atomic E-state index is 0.0838. The summed E-state index contributed by atoms with van der Waals surface area (Å²) in [6, 6.07) is 5.16. The molecule has 128 valence electrons. The third-order valence-corrected chi connectivity index (χ3v) is 5.81. The van der Waals surface area contributed by atoms with Crippen LogP contribution >= 0.6 is 35.0 Å². The molecule has 0 radical (unpaired) electrons. The average molecular weight is 386 g/mol. The number of rotatable bonds is 4. The molecule has 1 unspecified atom stereocenters. The quantitative estimate of drug-likeness (QED) is 0.826. The molecule has 1 aliphatic carbocycles. The fourth-order valence-electron chi connectivity index (χ4n) is 2.75. The molecule has 5 nitrogen and oxygen atoms in total. The van der Waals surface area contributed by atoms with Gasteiger partial charge in [0.15, 0.2) is 5.17 Å². The van der Waals surface area contributed by atoms with Gasteiger partial charge in [0, 0.05) is 12.1 Å². The smallest absolute Gasteiger partial charge is 0.240 e. The molecule has 1 heterocycles. The molecule has 24 heavy (non-hydrogen) atoms. The highest BCUT2D eigenvalue weighted by Crippen LogP contribution is 2.28. The van der Waals surface area contributed by atoms with Crippen molar-refractivity contribution in [1.29, 1.82) is 0 Å². The number of anilines is 1. The van der Waals surface area contributed by atoms with Crippen LogP contribution in [0.1, 0.15) is 32.1 Å². The molecule has 0 aromatic heterocycles. The number of carbonyl (C=O) groups is 2. The number of hydrogen-bond acceptors (Lipinski definition) is 4.